The van der Waals surface area contributed by atoms with Crippen LogP contribution < -0.4 is 0 Å². The highest BCUT2D eigenvalue weighted by atomic mass is 32.1. The summed E-state index contributed by atoms with van der Waals surface area (Å²) >= 11 is 1.85. The van der Waals surface area contributed by atoms with E-state index in [0.29, 0.717) is 5.69 Å². The van der Waals surface area contributed by atoms with Gasteiger partial charge in [0.2, 0.25) is 0 Å². The van der Waals surface area contributed by atoms with E-state index in [2.05, 4.69) is 131 Å². The second kappa shape index (κ2) is 8.95. The van der Waals surface area contributed by atoms with Crippen LogP contribution in [0.5, 0.6) is 0 Å². The molecule has 8 rings (SSSR count). The molecular formula is C37H22N2S. The number of thiophene rings is 1. The summed E-state index contributed by atoms with van der Waals surface area (Å²) in [6.07, 6.45) is 0. The third kappa shape index (κ3) is 3.48. The zero-order valence-electron chi connectivity index (χ0n) is 21.5. The molecular weight excluding hydrogens is 504 g/mol. The first kappa shape index (κ1) is 22.8. The first-order valence-electron chi connectivity index (χ1n) is 13.3. The molecule has 0 aliphatic heterocycles. The normalized spacial score (nSPS) is 11.5. The largest absolute Gasteiger partial charge is 0.310 e. The van der Waals surface area contributed by atoms with E-state index in [0.717, 1.165) is 27.8 Å². The average Bonchev–Trinajstić information content (AvgIpc) is 3.57. The average molecular weight is 527 g/mol. The lowest BCUT2D eigenvalue weighted by atomic mass is 9.99. The van der Waals surface area contributed by atoms with Gasteiger partial charge in [0.1, 0.15) is 0 Å². The van der Waals surface area contributed by atoms with Gasteiger partial charge in [-0.1, -0.05) is 91.0 Å². The van der Waals surface area contributed by atoms with Gasteiger partial charge in [0.05, 0.1) is 17.6 Å². The van der Waals surface area contributed by atoms with E-state index in [4.69, 9.17) is 6.57 Å². The molecule has 0 aliphatic carbocycles. The standard InChI is InChI=1S/C37H22N2S/c1-38-27-20-26(21-28(23-27)39-34-16-7-5-12-30(34)31-13-6-8-17-35(31)39)25-18-19-36-33(22-25)32-15-9-14-29(37(32)40-36)24-10-3-2-4-11-24/h2-23H. The molecule has 0 N–H and O–H groups in total. The predicted molar refractivity (Wildman–Crippen MR) is 171 cm³/mol. The highest BCUT2D eigenvalue weighted by Crippen LogP contribution is 2.42. The smallest absolute Gasteiger partial charge is 0.189 e. The van der Waals surface area contributed by atoms with E-state index in [1.165, 1.54) is 42.1 Å². The highest BCUT2D eigenvalue weighted by molar-refractivity contribution is 7.26. The van der Waals surface area contributed by atoms with Crippen molar-refractivity contribution in [3.8, 4) is 27.9 Å². The number of benzene rings is 6. The Morgan fingerprint density at radius 3 is 1.98 bits per heavy atom. The Hall–Kier alpha value is -5.17. The maximum Gasteiger partial charge on any atom is 0.189 e. The van der Waals surface area contributed by atoms with Crippen LogP contribution in [0.2, 0.25) is 0 Å². The summed E-state index contributed by atoms with van der Waals surface area (Å²) in [4.78, 5) is 3.87. The molecule has 40 heavy (non-hydrogen) atoms. The van der Waals surface area contributed by atoms with Crippen molar-refractivity contribution in [2.45, 2.75) is 0 Å². The van der Waals surface area contributed by atoms with Crippen LogP contribution in [0.1, 0.15) is 0 Å². The van der Waals surface area contributed by atoms with Gasteiger partial charge in [-0.3, -0.25) is 0 Å². The Bertz CT molecular complexity index is 2230. The van der Waals surface area contributed by atoms with Gasteiger partial charge in [-0.05, 0) is 64.7 Å². The van der Waals surface area contributed by atoms with Crippen molar-refractivity contribution in [3.63, 3.8) is 0 Å². The van der Waals surface area contributed by atoms with Crippen molar-refractivity contribution in [2.24, 2.45) is 0 Å². The van der Waals surface area contributed by atoms with Gasteiger partial charge < -0.3 is 4.57 Å². The van der Waals surface area contributed by atoms with Crippen LogP contribution in [0.15, 0.2) is 133 Å². The first-order valence-corrected chi connectivity index (χ1v) is 14.1. The molecule has 0 fully saturated rings. The zero-order valence-corrected chi connectivity index (χ0v) is 22.3. The Kier molecular flexibility index (Phi) is 5.10. The molecule has 2 heterocycles. The molecule has 0 unspecified atom stereocenters. The lowest BCUT2D eigenvalue weighted by molar-refractivity contribution is 1.18. The minimum atomic E-state index is 0.635. The lowest BCUT2D eigenvalue weighted by Crippen LogP contribution is -1.94. The zero-order chi connectivity index (χ0) is 26.6. The van der Waals surface area contributed by atoms with Gasteiger partial charge >= 0.3 is 0 Å². The van der Waals surface area contributed by atoms with E-state index in [-0.39, 0.29) is 0 Å². The van der Waals surface area contributed by atoms with Crippen LogP contribution in [0.25, 0.3) is 74.8 Å². The fraction of sp³-hybridized carbons (Fsp3) is 0. The number of fused-ring (bicyclic) bond motifs is 6. The Morgan fingerprint density at radius 1 is 0.525 bits per heavy atom. The molecule has 0 saturated carbocycles. The van der Waals surface area contributed by atoms with Gasteiger partial charge in [0.25, 0.3) is 0 Å². The fourth-order valence-corrected chi connectivity index (χ4v) is 7.20. The lowest BCUT2D eigenvalue weighted by Gasteiger charge is -2.12. The van der Waals surface area contributed by atoms with E-state index < -0.39 is 0 Å². The maximum atomic E-state index is 7.89. The second-order valence-corrected chi connectivity index (χ2v) is 11.1. The molecule has 0 aliphatic rings. The Balaban J connectivity index is 1.34. The molecule has 0 radical (unpaired) electrons. The number of hydrogen-bond acceptors (Lipinski definition) is 1. The minimum Gasteiger partial charge on any atom is -0.310 e. The van der Waals surface area contributed by atoms with Crippen molar-refractivity contribution in [3.05, 3.63) is 145 Å². The molecule has 3 heteroatoms. The summed E-state index contributed by atoms with van der Waals surface area (Å²) in [7, 11) is 0. The van der Waals surface area contributed by atoms with Crippen molar-refractivity contribution >= 4 is 59.0 Å². The molecule has 0 spiro atoms. The van der Waals surface area contributed by atoms with Crippen LogP contribution >= 0.6 is 11.3 Å². The van der Waals surface area contributed by atoms with E-state index >= 15 is 0 Å². The van der Waals surface area contributed by atoms with Gasteiger partial charge in [-0.2, -0.15) is 0 Å². The van der Waals surface area contributed by atoms with E-state index in [9.17, 15) is 0 Å². The molecule has 186 valence electrons. The molecule has 0 amide bonds. The number of hydrogen-bond donors (Lipinski definition) is 0. The van der Waals surface area contributed by atoms with Crippen LogP contribution in [-0.2, 0) is 0 Å². The molecule has 0 atom stereocenters. The molecule has 2 nitrogen and oxygen atoms in total. The van der Waals surface area contributed by atoms with Gasteiger partial charge in [-0.25, -0.2) is 4.85 Å². The van der Waals surface area contributed by atoms with Gasteiger partial charge in [0.15, 0.2) is 5.69 Å². The van der Waals surface area contributed by atoms with Crippen molar-refractivity contribution in [2.75, 3.05) is 0 Å². The Morgan fingerprint density at radius 2 is 1.23 bits per heavy atom. The summed E-state index contributed by atoms with van der Waals surface area (Å²) in [6.45, 7) is 7.89. The molecule has 2 aromatic heterocycles. The number of para-hydroxylation sites is 2. The summed E-state index contributed by atoms with van der Waals surface area (Å²) in [5.74, 6) is 0. The van der Waals surface area contributed by atoms with E-state index in [1.807, 2.05) is 23.5 Å². The SMILES string of the molecule is [C-]#[N+]c1cc(-c2ccc3sc4c(-c5ccccc5)cccc4c3c2)cc(-n2c3ccccc3c3ccccc32)c1. The van der Waals surface area contributed by atoms with Crippen LogP contribution in [0, 0.1) is 6.57 Å². The fourth-order valence-electron chi connectivity index (χ4n) is 5.98. The third-order valence-electron chi connectivity index (χ3n) is 7.78. The quantitative estimate of drug-likeness (QED) is 0.203. The van der Waals surface area contributed by atoms with Crippen molar-refractivity contribution in [1.29, 1.82) is 0 Å². The second-order valence-electron chi connectivity index (χ2n) is 10.1. The topological polar surface area (TPSA) is 9.29 Å². The van der Waals surface area contributed by atoms with Crippen molar-refractivity contribution < 1.29 is 0 Å². The predicted octanol–water partition coefficient (Wildman–Crippen LogP) is 11.0. The summed E-state index contributed by atoms with van der Waals surface area (Å²) in [5, 5.41) is 4.95. The van der Waals surface area contributed by atoms with Crippen molar-refractivity contribution in [1.82, 2.24) is 4.57 Å². The highest BCUT2D eigenvalue weighted by Gasteiger charge is 2.15. The van der Waals surface area contributed by atoms with Crippen LogP contribution in [-0.4, -0.2) is 4.57 Å². The summed E-state index contributed by atoms with van der Waals surface area (Å²) in [5.41, 5.74) is 8.59. The molecule has 0 bridgehead atoms. The monoisotopic (exact) mass is 526 g/mol. The third-order valence-corrected chi connectivity index (χ3v) is 9.00. The van der Waals surface area contributed by atoms with Gasteiger partial charge in [0, 0.05) is 36.6 Å². The number of rotatable bonds is 3. The summed E-state index contributed by atoms with van der Waals surface area (Å²) in [6, 6.07) is 47.2. The Labute approximate surface area is 235 Å². The van der Waals surface area contributed by atoms with Crippen LogP contribution in [0.3, 0.4) is 0 Å². The number of nitrogens with zero attached hydrogens (tertiary/aromatic N) is 2. The number of aromatic nitrogens is 1. The van der Waals surface area contributed by atoms with Crippen LogP contribution in [0.4, 0.5) is 5.69 Å². The maximum absolute atomic E-state index is 7.89. The molecule has 0 saturated heterocycles. The van der Waals surface area contributed by atoms with E-state index in [1.54, 1.807) is 0 Å². The first-order chi connectivity index (χ1) is 19.8. The molecule has 8 aromatic rings. The van der Waals surface area contributed by atoms with Gasteiger partial charge in [-0.15, -0.1) is 11.3 Å². The minimum absolute atomic E-state index is 0.635. The summed E-state index contributed by atoms with van der Waals surface area (Å²) < 4.78 is 4.86. The molecule has 6 aromatic carbocycles.